The molecule has 1 N–H and O–H groups in total. The summed E-state index contributed by atoms with van der Waals surface area (Å²) in [6.07, 6.45) is 1.71. The zero-order valence-electron chi connectivity index (χ0n) is 6.78. The fraction of sp³-hybridized carbons (Fsp3) is 0.250. The van der Waals surface area contributed by atoms with Crippen LogP contribution in [0.2, 0.25) is 0 Å². The van der Waals surface area contributed by atoms with Crippen molar-refractivity contribution >= 4 is 17.4 Å². The highest BCUT2D eigenvalue weighted by Crippen LogP contribution is 2.01. The molecule has 64 valence electrons. The third-order valence-electron chi connectivity index (χ3n) is 0.930. The number of isothiocyanates is 1. The number of nitrogens with zero attached hydrogens (tertiary/aromatic N) is 1. The normalized spacial score (nSPS) is 7.42. The molecular weight excluding hydrogens is 172 g/mol. The summed E-state index contributed by atoms with van der Waals surface area (Å²) in [7, 11) is 0. The molecule has 12 heavy (non-hydrogen) atoms. The average molecular weight is 182 g/mol. The largest absolute Gasteiger partial charge is 0.478 e. The van der Waals surface area contributed by atoms with Crippen molar-refractivity contribution in [3.63, 3.8) is 0 Å². The van der Waals surface area contributed by atoms with E-state index in [1.165, 1.54) is 0 Å². The van der Waals surface area contributed by atoms with Crippen LogP contribution in [0.25, 0.3) is 0 Å². The van der Waals surface area contributed by atoms with E-state index in [0.29, 0.717) is 12.5 Å². The molecule has 1 heterocycles. The van der Waals surface area contributed by atoms with E-state index in [9.17, 15) is 0 Å². The van der Waals surface area contributed by atoms with Crippen LogP contribution in [0, 0.1) is 5.41 Å². The van der Waals surface area contributed by atoms with E-state index in [-0.39, 0.29) is 0 Å². The van der Waals surface area contributed by atoms with Gasteiger partial charge in [-0.1, -0.05) is 6.07 Å². The Labute approximate surface area is 76.9 Å². The van der Waals surface area contributed by atoms with Crippen molar-refractivity contribution in [2.75, 3.05) is 6.61 Å². The minimum atomic E-state index is 0.678. The lowest BCUT2D eigenvalue weighted by Gasteiger charge is -1.97. The van der Waals surface area contributed by atoms with Gasteiger partial charge < -0.3 is 4.74 Å². The van der Waals surface area contributed by atoms with Crippen molar-refractivity contribution in [3.05, 3.63) is 24.4 Å². The van der Waals surface area contributed by atoms with Crippen LogP contribution in [0.1, 0.15) is 6.92 Å². The molecule has 3 nitrogen and oxygen atoms in total. The molecule has 4 heteroatoms. The van der Waals surface area contributed by atoms with E-state index in [0.717, 1.165) is 0 Å². The van der Waals surface area contributed by atoms with E-state index < -0.39 is 0 Å². The topological polar surface area (TPSA) is 46.0 Å². The predicted molar refractivity (Wildman–Crippen MR) is 50.7 cm³/mol. The Morgan fingerprint density at radius 2 is 2.33 bits per heavy atom. The SMILES string of the molecule is CCOc1ccccn1.N=C=S. The highest BCUT2D eigenvalue weighted by atomic mass is 32.1. The molecule has 0 unspecified atom stereocenters. The third kappa shape index (κ3) is 5.53. The summed E-state index contributed by atoms with van der Waals surface area (Å²) in [6, 6.07) is 5.60. The van der Waals surface area contributed by atoms with Gasteiger partial charge in [0.2, 0.25) is 5.88 Å². The number of hydrogen-bond acceptors (Lipinski definition) is 4. The number of ether oxygens (including phenoxy) is 1. The number of nitrogens with one attached hydrogen (secondary N) is 1. The summed E-state index contributed by atoms with van der Waals surface area (Å²) in [5.41, 5.74) is 0. The molecule has 0 saturated heterocycles. The molecule has 0 atom stereocenters. The third-order valence-corrected chi connectivity index (χ3v) is 0.930. The smallest absolute Gasteiger partial charge is 0.213 e. The van der Waals surface area contributed by atoms with Gasteiger partial charge in [0.05, 0.1) is 11.8 Å². The molecular formula is C8H10N2OS. The maximum Gasteiger partial charge on any atom is 0.213 e. The first-order valence-corrected chi connectivity index (χ1v) is 3.83. The summed E-state index contributed by atoms with van der Waals surface area (Å²) >= 11 is 3.81. The van der Waals surface area contributed by atoms with Crippen LogP contribution in [0.5, 0.6) is 5.88 Å². The lowest BCUT2D eigenvalue weighted by atomic mass is 10.5. The first kappa shape index (κ1) is 10.8. The monoisotopic (exact) mass is 182 g/mol. The first-order chi connectivity index (χ1) is 5.85. The number of pyridine rings is 1. The molecule has 1 rings (SSSR count). The van der Waals surface area contributed by atoms with Crippen molar-refractivity contribution in [2.24, 2.45) is 0 Å². The van der Waals surface area contributed by atoms with E-state index in [4.69, 9.17) is 10.1 Å². The Balaban J connectivity index is 0.000000354. The maximum absolute atomic E-state index is 5.77. The molecule has 0 aliphatic heterocycles. The Hall–Kier alpha value is -1.25. The fourth-order valence-electron chi connectivity index (χ4n) is 0.580. The second kappa shape index (κ2) is 7.85. The Morgan fingerprint density at radius 1 is 1.67 bits per heavy atom. The number of aromatic nitrogens is 1. The second-order valence-corrected chi connectivity index (χ2v) is 1.91. The number of thiocarbonyl (C=S) groups is 1. The zero-order chi connectivity index (χ0) is 9.23. The molecule has 0 aromatic carbocycles. The molecule has 0 aliphatic rings. The molecule has 0 amide bonds. The van der Waals surface area contributed by atoms with Gasteiger partial charge >= 0.3 is 0 Å². The lowest BCUT2D eigenvalue weighted by molar-refractivity contribution is 0.327. The maximum atomic E-state index is 5.77. The van der Waals surface area contributed by atoms with E-state index in [2.05, 4.69) is 17.2 Å². The highest BCUT2D eigenvalue weighted by Gasteiger charge is 1.85. The van der Waals surface area contributed by atoms with Crippen molar-refractivity contribution in [2.45, 2.75) is 6.92 Å². The Bertz CT molecular complexity index is 232. The Morgan fingerprint density at radius 3 is 2.75 bits per heavy atom. The standard InChI is InChI=1S/C7H9NO.CHNS/c1-2-9-7-5-3-4-6-8-7;2-1-3/h3-6H,2H2,1H3;2H. The summed E-state index contributed by atoms with van der Waals surface area (Å²) in [5, 5.41) is 7.36. The molecule has 1 aromatic rings. The molecule has 0 spiro atoms. The van der Waals surface area contributed by atoms with Crippen LogP contribution in [-0.2, 0) is 0 Å². The zero-order valence-corrected chi connectivity index (χ0v) is 7.60. The molecule has 0 saturated carbocycles. The quantitative estimate of drug-likeness (QED) is 0.563. The number of hydrogen-bond donors (Lipinski definition) is 1. The van der Waals surface area contributed by atoms with Crippen molar-refractivity contribution in [1.82, 2.24) is 4.98 Å². The van der Waals surface area contributed by atoms with Crippen LogP contribution in [0.15, 0.2) is 24.4 Å². The van der Waals surface area contributed by atoms with Crippen molar-refractivity contribution in [3.8, 4) is 5.88 Å². The van der Waals surface area contributed by atoms with Gasteiger partial charge in [0.1, 0.15) is 0 Å². The predicted octanol–water partition coefficient (Wildman–Crippen LogP) is 2.15. The van der Waals surface area contributed by atoms with Gasteiger partial charge in [0.15, 0.2) is 0 Å². The molecule has 0 radical (unpaired) electrons. The highest BCUT2D eigenvalue weighted by molar-refractivity contribution is 7.78. The fourth-order valence-corrected chi connectivity index (χ4v) is 0.580. The van der Waals surface area contributed by atoms with Gasteiger partial charge in [-0.05, 0) is 25.2 Å². The summed E-state index contributed by atoms with van der Waals surface area (Å²) < 4.78 is 5.09. The first-order valence-electron chi connectivity index (χ1n) is 3.42. The van der Waals surface area contributed by atoms with E-state index in [1.807, 2.05) is 25.1 Å². The van der Waals surface area contributed by atoms with Gasteiger partial charge in [-0.3, -0.25) is 0 Å². The van der Waals surface area contributed by atoms with Gasteiger partial charge in [0, 0.05) is 12.3 Å². The van der Waals surface area contributed by atoms with Crippen LogP contribution in [0.4, 0.5) is 0 Å². The van der Waals surface area contributed by atoms with Crippen molar-refractivity contribution in [1.29, 1.82) is 5.41 Å². The second-order valence-electron chi connectivity index (χ2n) is 1.70. The lowest BCUT2D eigenvalue weighted by Crippen LogP contribution is -1.92. The summed E-state index contributed by atoms with van der Waals surface area (Å²) in [4.78, 5) is 3.95. The van der Waals surface area contributed by atoms with E-state index in [1.54, 1.807) is 11.4 Å². The Kier molecular flexibility index (Phi) is 7.03. The molecule has 1 aromatic heterocycles. The molecule has 0 aliphatic carbocycles. The summed E-state index contributed by atoms with van der Waals surface area (Å²) in [5.74, 6) is 0.694. The minimum absolute atomic E-state index is 0.678. The van der Waals surface area contributed by atoms with Crippen LogP contribution >= 0.6 is 12.2 Å². The summed E-state index contributed by atoms with van der Waals surface area (Å²) in [6.45, 7) is 2.62. The van der Waals surface area contributed by atoms with Crippen molar-refractivity contribution < 1.29 is 4.74 Å². The molecule has 0 fully saturated rings. The van der Waals surface area contributed by atoms with Crippen LogP contribution in [-0.4, -0.2) is 16.8 Å². The average Bonchev–Trinajstić information content (AvgIpc) is 2.08. The van der Waals surface area contributed by atoms with Gasteiger partial charge in [0.25, 0.3) is 0 Å². The molecule has 0 bridgehead atoms. The number of rotatable bonds is 2. The van der Waals surface area contributed by atoms with Crippen LogP contribution < -0.4 is 4.74 Å². The van der Waals surface area contributed by atoms with Gasteiger partial charge in [-0.2, -0.15) is 0 Å². The van der Waals surface area contributed by atoms with Gasteiger partial charge in [-0.15, -0.1) is 0 Å². The minimum Gasteiger partial charge on any atom is -0.478 e. The van der Waals surface area contributed by atoms with E-state index >= 15 is 0 Å². The van der Waals surface area contributed by atoms with Crippen LogP contribution in [0.3, 0.4) is 0 Å². The van der Waals surface area contributed by atoms with Gasteiger partial charge in [-0.25, -0.2) is 10.4 Å².